The number of carbonyl (C=O) groups excluding carboxylic acids is 1. The molecule has 0 aliphatic heterocycles. The van der Waals surface area contributed by atoms with Crippen LogP contribution in [0.5, 0.6) is 5.75 Å². The first-order valence-electron chi connectivity index (χ1n) is 5.97. The molecule has 0 atom stereocenters. The van der Waals surface area contributed by atoms with E-state index in [2.05, 4.69) is 6.58 Å². The van der Waals surface area contributed by atoms with Gasteiger partial charge in [-0.2, -0.15) is 0 Å². The van der Waals surface area contributed by atoms with E-state index < -0.39 is 0 Å². The van der Waals surface area contributed by atoms with Gasteiger partial charge in [0.25, 0.3) is 0 Å². The lowest BCUT2D eigenvalue weighted by atomic mass is 10.1. The lowest BCUT2D eigenvalue weighted by Crippen LogP contribution is -1.98. The Morgan fingerprint density at radius 2 is 2.05 bits per heavy atom. The van der Waals surface area contributed by atoms with Gasteiger partial charge in [0.1, 0.15) is 12.4 Å². The smallest absolute Gasteiger partial charge is 0.185 e. The minimum atomic E-state index is -0.0355. The number of hydrogen-bond acceptors (Lipinski definition) is 3. The van der Waals surface area contributed by atoms with Crippen LogP contribution in [-0.2, 0) is 0 Å². The van der Waals surface area contributed by atoms with E-state index in [1.807, 2.05) is 23.6 Å². The lowest BCUT2D eigenvalue weighted by molar-refractivity contribution is 0.104. The van der Waals surface area contributed by atoms with E-state index >= 15 is 0 Å². The highest BCUT2D eigenvalue weighted by atomic mass is 35.5. The first kappa shape index (κ1) is 14.6. The average Bonchev–Trinajstić information content (AvgIpc) is 2.96. The fourth-order valence-electron chi connectivity index (χ4n) is 1.52. The van der Waals surface area contributed by atoms with Crippen molar-refractivity contribution >= 4 is 34.8 Å². The lowest BCUT2D eigenvalue weighted by Gasteiger charge is -2.04. The van der Waals surface area contributed by atoms with Gasteiger partial charge in [-0.3, -0.25) is 4.79 Å². The molecule has 0 amide bonds. The summed E-state index contributed by atoms with van der Waals surface area (Å²) in [7, 11) is 0. The van der Waals surface area contributed by atoms with Crippen LogP contribution in [0.15, 0.2) is 59.5 Å². The third kappa shape index (κ3) is 4.37. The number of benzene rings is 1. The molecule has 0 fully saturated rings. The summed E-state index contributed by atoms with van der Waals surface area (Å²) in [6, 6.07) is 10.9. The summed E-state index contributed by atoms with van der Waals surface area (Å²) in [5.74, 6) is 0.622. The molecule has 1 heterocycles. The Bertz CT molecular complexity index is 612. The summed E-state index contributed by atoms with van der Waals surface area (Å²) in [5, 5.41) is 2.41. The van der Waals surface area contributed by atoms with Crippen LogP contribution >= 0.6 is 22.9 Å². The molecule has 0 bridgehead atoms. The van der Waals surface area contributed by atoms with E-state index in [4.69, 9.17) is 16.3 Å². The molecule has 0 saturated carbocycles. The van der Waals surface area contributed by atoms with Gasteiger partial charge in [-0.15, -0.1) is 11.3 Å². The Kier molecular flexibility index (Phi) is 5.16. The van der Waals surface area contributed by atoms with E-state index in [1.54, 1.807) is 41.7 Å². The molecule has 2 aromatic rings. The van der Waals surface area contributed by atoms with Gasteiger partial charge in [0, 0.05) is 15.5 Å². The molecule has 0 aliphatic rings. The van der Waals surface area contributed by atoms with Gasteiger partial charge in [-0.05, 0) is 47.9 Å². The van der Waals surface area contributed by atoms with Gasteiger partial charge in [0.15, 0.2) is 5.78 Å². The van der Waals surface area contributed by atoms with Crippen LogP contribution < -0.4 is 4.74 Å². The van der Waals surface area contributed by atoms with Crippen LogP contribution in [0.1, 0.15) is 15.2 Å². The van der Waals surface area contributed by atoms with Crippen molar-refractivity contribution in [2.24, 2.45) is 0 Å². The van der Waals surface area contributed by atoms with Gasteiger partial charge in [-0.1, -0.05) is 24.2 Å². The number of thiophene rings is 1. The number of hydrogen-bond donors (Lipinski definition) is 0. The predicted octanol–water partition coefficient (Wildman–Crippen LogP) is 4.78. The fraction of sp³-hybridized carbons (Fsp3) is 0.0625. The minimum Gasteiger partial charge on any atom is -0.488 e. The van der Waals surface area contributed by atoms with Crippen LogP contribution in [0.25, 0.3) is 6.08 Å². The van der Waals surface area contributed by atoms with E-state index in [-0.39, 0.29) is 12.4 Å². The highest BCUT2D eigenvalue weighted by Gasteiger charge is 2.02. The quantitative estimate of drug-likeness (QED) is 0.567. The maximum Gasteiger partial charge on any atom is 0.185 e. The zero-order valence-corrected chi connectivity index (χ0v) is 12.3. The van der Waals surface area contributed by atoms with Crippen molar-refractivity contribution < 1.29 is 9.53 Å². The third-order valence-corrected chi connectivity index (χ3v) is 3.42. The van der Waals surface area contributed by atoms with Crippen LogP contribution in [-0.4, -0.2) is 12.4 Å². The SMILES string of the molecule is C=C(Cl)COc1ccc(C(=O)/C=C/c2cccs2)cc1. The van der Waals surface area contributed by atoms with Crippen LogP contribution in [0.3, 0.4) is 0 Å². The average molecular weight is 305 g/mol. The molecular formula is C16H13ClO2S. The normalized spacial score (nSPS) is 10.7. The van der Waals surface area contributed by atoms with E-state index in [0.717, 1.165) is 4.88 Å². The van der Waals surface area contributed by atoms with Crippen molar-refractivity contribution in [2.45, 2.75) is 0 Å². The van der Waals surface area contributed by atoms with Crippen molar-refractivity contribution in [1.82, 2.24) is 0 Å². The second-order valence-electron chi connectivity index (χ2n) is 4.04. The van der Waals surface area contributed by atoms with E-state index in [1.165, 1.54) is 0 Å². The number of rotatable bonds is 6. The summed E-state index contributed by atoms with van der Waals surface area (Å²) in [5.41, 5.74) is 0.620. The van der Waals surface area contributed by atoms with Crippen LogP contribution in [0.4, 0.5) is 0 Å². The first-order chi connectivity index (χ1) is 9.65. The summed E-state index contributed by atoms with van der Waals surface area (Å²) in [6.45, 7) is 3.80. The second kappa shape index (κ2) is 7.08. The van der Waals surface area contributed by atoms with Gasteiger partial charge >= 0.3 is 0 Å². The first-order valence-corrected chi connectivity index (χ1v) is 7.23. The predicted molar refractivity (Wildman–Crippen MR) is 84.6 cm³/mol. The molecule has 0 N–H and O–H groups in total. The molecule has 0 spiro atoms. The number of carbonyl (C=O) groups is 1. The number of halogens is 1. The number of ether oxygens (including phenoxy) is 1. The zero-order chi connectivity index (χ0) is 14.4. The van der Waals surface area contributed by atoms with Gasteiger partial charge < -0.3 is 4.74 Å². The maximum atomic E-state index is 12.0. The van der Waals surface area contributed by atoms with Gasteiger partial charge in [0.05, 0.1) is 0 Å². The molecule has 0 aliphatic carbocycles. The minimum absolute atomic E-state index is 0.0355. The maximum absolute atomic E-state index is 12.0. The van der Waals surface area contributed by atoms with Crippen LogP contribution in [0, 0.1) is 0 Å². The van der Waals surface area contributed by atoms with Crippen molar-refractivity contribution in [1.29, 1.82) is 0 Å². The largest absolute Gasteiger partial charge is 0.488 e. The van der Waals surface area contributed by atoms with Gasteiger partial charge in [-0.25, -0.2) is 0 Å². The molecular weight excluding hydrogens is 292 g/mol. The second-order valence-corrected chi connectivity index (χ2v) is 5.56. The number of allylic oxidation sites excluding steroid dienone is 1. The van der Waals surface area contributed by atoms with Crippen LogP contribution in [0.2, 0.25) is 0 Å². The Hall–Kier alpha value is -1.84. The Morgan fingerprint density at radius 1 is 1.30 bits per heavy atom. The van der Waals surface area contributed by atoms with Crippen molar-refractivity contribution in [3.63, 3.8) is 0 Å². The molecule has 4 heteroatoms. The van der Waals surface area contributed by atoms with Gasteiger partial charge in [0.2, 0.25) is 0 Å². The fourth-order valence-corrected chi connectivity index (χ4v) is 2.19. The summed E-state index contributed by atoms with van der Waals surface area (Å²) >= 11 is 7.21. The Labute approximate surface area is 127 Å². The molecule has 0 radical (unpaired) electrons. The van der Waals surface area contributed by atoms with E-state index in [0.29, 0.717) is 16.3 Å². The molecule has 1 aromatic carbocycles. The standard InChI is InChI=1S/C16H13ClO2S/c1-12(17)11-19-14-6-4-13(5-7-14)16(18)9-8-15-3-2-10-20-15/h2-10H,1,11H2/b9-8+. The summed E-state index contributed by atoms with van der Waals surface area (Å²) < 4.78 is 5.36. The molecule has 0 unspecified atom stereocenters. The molecule has 20 heavy (non-hydrogen) atoms. The monoisotopic (exact) mass is 304 g/mol. The third-order valence-electron chi connectivity index (χ3n) is 2.48. The molecule has 1 aromatic heterocycles. The highest BCUT2D eigenvalue weighted by molar-refractivity contribution is 7.10. The van der Waals surface area contributed by atoms with Crippen molar-refractivity contribution in [3.05, 3.63) is 69.9 Å². The zero-order valence-electron chi connectivity index (χ0n) is 10.7. The topological polar surface area (TPSA) is 26.3 Å². The van der Waals surface area contributed by atoms with Crippen molar-refractivity contribution in [2.75, 3.05) is 6.61 Å². The summed E-state index contributed by atoms with van der Waals surface area (Å²) in [4.78, 5) is 13.0. The molecule has 2 rings (SSSR count). The Morgan fingerprint density at radius 3 is 2.65 bits per heavy atom. The van der Waals surface area contributed by atoms with E-state index in [9.17, 15) is 4.79 Å². The van der Waals surface area contributed by atoms with Crippen molar-refractivity contribution in [3.8, 4) is 5.75 Å². The molecule has 102 valence electrons. The Balaban J connectivity index is 1.98. The number of ketones is 1. The summed E-state index contributed by atoms with van der Waals surface area (Å²) in [6.07, 6.45) is 3.39. The molecule has 2 nitrogen and oxygen atoms in total. The molecule has 0 saturated heterocycles. The highest BCUT2D eigenvalue weighted by Crippen LogP contribution is 2.15.